The molecule has 1 unspecified atom stereocenters. The van der Waals surface area contributed by atoms with Crippen molar-refractivity contribution < 1.29 is 18.3 Å². The van der Waals surface area contributed by atoms with Crippen LogP contribution in [-0.4, -0.2) is 31.3 Å². The average Bonchev–Trinajstić information content (AvgIpc) is 2.17. The summed E-state index contributed by atoms with van der Waals surface area (Å²) < 4.78 is 24.2. The molecule has 0 saturated carbocycles. The van der Waals surface area contributed by atoms with Crippen molar-refractivity contribution in [1.82, 2.24) is 0 Å². The second-order valence-electron chi connectivity index (χ2n) is 3.04. The number of carbonyl (C=O) groups is 1. The summed E-state index contributed by atoms with van der Waals surface area (Å²) in [5, 5.41) is 7.17. The first-order valence-electron chi connectivity index (χ1n) is 4.32. The van der Waals surface area contributed by atoms with Crippen LogP contribution in [0.1, 0.15) is 0 Å². The molecule has 7 heteroatoms. The summed E-state index contributed by atoms with van der Waals surface area (Å²) in [5.74, 6) is -1.45. The summed E-state index contributed by atoms with van der Waals surface area (Å²) in [6.07, 6.45) is 0. The standard InChI is InChI=1S/C9H10BrNO4S/c10-6-3-1-2-4-7(6)16(14,15)8(5-11)9(12)13/h1-4,8H,5,11H2,(H,12,13). The van der Waals surface area contributed by atoms with Gasteiger partial charge in [-0.1, -0.05) is 12.1 Å². The molecular formula is C9H10BrNO4S. The maximum atomic E-state index is 11.9. The first-order valence-corrected chi connectivity index (χ1v) is 6.66. The number of nitrogens with two attached hydrogens (primary N) is 1. The summed E-state index contributed by atoms with van der Waals surface area (Å²) in [7, 11) is -3.95. The van der Waals surface area contributed by atoms with Gasteiger partial charge in [0.15, 0.2) is 15.1 Å². The van der Waals surface area contributed by atoms with Crippen LogP contribution in [0.3, 0.4) is 0 Å². The van der Waals surface area contributed by atoms with E-state index in [1.807, 2.05) is 0 Å². The number of sulfone groups is 1. The van der Waals surface area contributed by atoms with E-state index in [1.165, 1.54) is 18.2 Å². The van der Waals surface area contributed by atoms with E-state index in [9.17, 15) is 13.2 Å². The Kier molecular flexibility index (Phi) is 4.06. The zero-order chi connectivity index (χ0) is 12.3. The Bertz CT molecular complexity index is 500. The lowest BCUT2D eigenvalue weighted by Gasteiger charge is -2.12. The lowest BCUT2D eigenvalue weighted by Crippen LogP contribution is -2.37. The van der Waals surface area contributed by atoms with Crippen molar-refractivity contribution in [3.05, 3.63) is 28.7 Å². The number of hydrogen-bond donors (Lipinski definition) is 2. The third-order valence-electron chi connectivity index (χ3n) is 2.01. The van der Waals surface area contributed by atoms with Gasteiger partial charge >= 0.3 is 5.97 Å². The molecule has 0 aliphatic rings. The molecule has 0 bridgehead atoms. The summed E-state index contributed by atoms with van der Waals surface area (Å²) in [6.45, 7) is -0.459. The van der Waals surface area contributed by atoms with Gasteiger partial charge in [-0.25, -0.2) is 8.42 Å². The lowest BCUT2D eigenvalue weighted by atomic mass is 10.4. The highest BCUT2D eigenvalue weighted by Crippen LogP contribution is 2.24. The zero-order valence-electron chi connectivity index (χ0n) is 8.13. The third-order valence-corrected chi connectivity index (χ3v) is 5.07. The predicted molar refractivity (Wildman–Crippen MR) is 61.8 cm³/mol. The van der Waals surface area contributed by atoms with Crippen LogP contribution < -0.4 is 5.73 Å². The van der Waals surface area contributed by atoms with Crippen LogP contribution in [0.2, 0.25) is 0 Å². The summed E-state index contributed by atoms with van der Waals surface area (Å²) >= 11 is 3.07. The van der Waals surface area contributed by atoms with Gasteiger partial charge in [-0.3, -0.25) is 4.79 Å². The molecule has 16 heavy (non-hydrogen) atoms. The number of carboxylic acids is 1. The lowest BCUT2D eigenvalue weighted by molar-refractivity contribution is -0.136. The van der Waals surface area contributed by atoms with Crippen LogP contribution >= 0.6 is 15.9 Å². The molecule has 0 radical (unpaired) electrons. The van der Waals surface area contributed by atoms with Crippen LogP contribution in [0.4, 0.5) is 0 Å². The van der Waals surface area contributed by atoms with Gasteiger partial charge < -0.3 is 10.8 Å². The Morgan fingerprint density at radius 3 is 2.44 bits per heavy atom. The maximum absolute atomic E-state index is 11.9. The largest absolute Gasteiger partial charge is 0.480 e. The second kappa shape index (κ2) is 4.94. The van der Waals surface area contributed by atoms with Crippen LogP contribution in [0.5, 0.6) is 0 Å². The third kappa shape index (κ3) is 2.42. The number of halogens is 1. The van der Waals surface area contributed by atoms with E-state index in [0.717, 1.165) is 0 Å². The van der Waals surface area contributed by atoms with Gasteiger partial charge in [-0.05, 0) is 28.1 Å². The minimum Gasteiger partial charge on any atom is -0.480 e. The molecule has 3 N–H and O–H groups in total. The molecular weight excluding hydrogens is 298 g/mol. The smallest absolute Gasteiger partial charge is 0.323 e. The summed E-state index contributed by atoms with van der Waals surface area (Å²) in [5.41, 5.74) is 5.17. The van der Waals surface area contributed by atoms with Crippen LogP contribution in [-0.2, 0) is 14.6 Å². The molecule has 0 aliphatic heterocycles. The van der Waals surface area contributed by atoms with Crippen molar-refractivity contribution in [2.45, 2.75) is 10.1 Å². The Morgan fingerprint density at radius 1 is 1.44 bits per heavy atom. The van der Waals surface area contributed by atoms with E-state index in [-0.39, 0.29) is 4.90 Å². The van der Waals surface area contributed by atoms with Crippen LogP contribution in [0.25, 0.3) is 0 Å². The topological polar surface area (TPSA) is 97.5 Å². The fourth-order valence-electron chi connectivity index (χ4n) is 1.19. The summed E-state index contributed by atoms with van der Waals surface area (Å²) in [6, 6.07) is 6.03. The average molecular weight is 308 g/mol. The molecule has 1 aromatic rings. The van der Waals surface area contributed by atoms with E-state index < -0.39 is 27.6 Å². The van der Waals surface area contributed by atoms with E-state index >= 15 is 0 Å². The Labute approximate surface area is 101 Å². The molecule has 0 fully saturated rings. The Balaban J connectivity index is 3.32. The van der Waals surface area contributed by atoms with E-state index in [4.69, 9.17) is 10.8 Å². The van der Waals surface area contributed by atoms with Crippen LogP contribution in [0, 0.1) is 0 Å². The van der Waals surface area contributed by atoms with Gasteiger partial charge in [-0.15, -0.1) is 0 Å². The Hall–Kier alpha value is -0.920. The van der Waals surface area contributed by atoms with Gasteiger partial charge in [-0.2, -0.15) is 0 Å². The molecule has 5 nitrogen and oxygen atoms in total. The van der Waals surface area contributed by atoms with Crippen molar-refractivity contribution in [2.75, 3.05) is 6.54 Å². The van der Waals surface area contributed by atoms with Crippen molar-refractivity contribution in [2.24, 2.45) is 5.73 Å². The SMILES string of the molecule is NCC(C(=O)O)S(=O)(=O)c1ccccc1Br. The van der Waals surface area contributed by atoms with Gasteiger partial charge in [0.1, 0.15) is 0 Å². The Morgan fingerprint density at radius 2 is 2.00 bits per heavy atom. The van der Waals surface area contributed by atoms with Gasteiger partial charge in [0, 0.05) is 11.0 Å². The second-order valence-corrected chi connectivity index (χ2v) is 5.99. The number of hydrogen-bond acceptors (Lipinski definition) is 4. The monoisotopic (exact) mass is 307 g/mol. The van der Waals surface area contributed by atoms with E-state index in [0.29, 0.717) is 4.47 Å². The van der Waals surface area contributed by atoms with Crippen molar-refractivity contribution in [1.29, 1.82) is 0 Å². The van der Waals surface area contributed by atoms with Crippen LogP contribution in [0.15, 0.2) is 33.6 Å². The number of carboxylic acid groups (broad SMARTS) is 1. The molecule has 0 spiro atoms. The van der Waals surface area contributed by atoms with Gasteiger partial charge in [0.2, 0.25) is 0 Å². The number of benzene rings is 1. The molecule has 0 aliphatic carbocycles. The zero-order valence-corrected chi connectivity index (χ0v) is 10.5. The van der Waals surface area contributed by atoms with E-state index in [2.05, 4.69) is 15.9 Å². The molecule has 0 saturated heterocycles. The molecule has 1 rings (SSSR count). The highest BCUT2D eigenvalue weighted by Gasteiger charge is 2.33. The fraction of sp³-hybridized carbons (Fsp3) is 0.222. The normalized spacial score (nSPS) is 13.4. The first-order chi connectivity index (χ1) is 7.41. The minimum absolute atomic E-state index is 0.0622. The first kappa shape index (κ1) is 13.1. The number of rotatable bonds is 4. The highest BCUT2D eigenvalue weighted by atomic mass is 79.9. The molecule has 88 valence electrons. The fourth-order valence-corrected chi connectivity index (χ4v) is 3.58. The van der Waals surface area contributed by atoms with E-state index in [1.54, 1.807) is 6.07 Å². The van der Waals surface area contributed by atoms with Crippen molar-refractivity contribution in [3.8, 4) is 0 Å². The minimum atomic E-state index is -3.95. The van der Waals surface area contributed by atoms with Gasteiger partial charge in [0.25, 0.3) is 0 Å². The molecule has 0 aromatic heterocycles. The van der Waals surface area contributed by atoms with Gasteiger partial charge in [0.05, 0.1) is 4.90 Å². The molecule has 1 atom stereocenters. The maximum Gasteiger partial charge on any atom is 0.323 e. The summed E-state index contributed by atoms with van der Waals surface area (Å²) in [4.78, 5) is 10.7. The highest BCUT2D eigenvalue weighted by molar-refractivity contribution is 9.10. The van der Waals surface area contributed by atoms with Crippen molar-refractivity contribution in [3.63, 3.8) is 0 Å². The molecule has 0 amide bonds. The van der Waals surface area contributed by atoms with Crippen molar-refractivity contribution >= 4 is 31.7 Å². The molecule has 0 heterocycles. The predicted octanol–water partition coefficient (Wildman–Crippen LogP) is 0.635. The quantitative estimate of drug-likeness (QED) is 0.850. The number of aliphatic carboxylic acids is 1. The molecule has 1 aromatic carbocycles.